The Hall–Kier alpha value is -0.420. The van der Waals surface area contributed by atoms with Gasteiger partial charge >= 0.3 is 0 Å². The molecule has 0 saturated carbocycles. The van der Waals surface area contributed by atoms with Crippen LogP contribution in [0, 0.1) is 0 Å². The van der Waals surface area contributed by atoms with Crippen LogP contribution in [0.15, 0.2) is 28.7 Å². The Balaban J connectivity index is 1.64. The molecule has 1 saturated heterocycles. The highest BCUT2D eigenvalue weighted by Gasteiger charge is 2.24. The second-order valence-electron chi connectivity index (χ2n) is 4.57. The Bertz CT molecular complexity index is 350. The third-order valence-electron chi connectivity index (χ3n) is 3.12. The van der Waals surface area contributed by atoms with Gasteiger partial charge in [-0.2, -0.15) is 0 Å². The largest absolute Gasteiger partial charge is 0.318 e. The van der Waals surface area contributed by atoms with Crippen LogP contribution < -0.4 is 10.6 Å². The minimum Gasteiger partial charge on any atom is -0.318 e. The molecular weight excluding hydrogens is 278 g/mol. The molecule has 2 rings (SSSR count). The third-order valence-corrected chi connectivity index (χ3v) is 3.61. The van der Waals surface area contributed by atoms with Crippen molar-refractivity contribution < 1.29 is 0 Å². The van der Waals surface area contributed by atoms with Gasteiger partial charge in [-0.3, -0.25) is 4.90 Å². The van der Waals surface area contributed by atoms with Gasteiger partial charge in [-0.05, 0) is 24.7 Å². The van der Waals surface area contributed by atoms with Gasteiger partial charge < -0.3 is 10.6 Å². The lowest BCUT2D eigenvalue weighted by molar-refractivity contribution is 0.127. The minimum atomic E-state index is 0.658. The number of likely N-dealkylation sites (N-methyl/N-ethyl adjacent to an activating group) is 1. The fraction of sp³-hybridized carbons (Fsp3) is 0.538. The van der Waals surface area contributed by atoms with Crippen molar-refractivity contribution in [2.24, 2.45) is 0 Å². The Morgan fingerprint density at radius 1 is 1.41 bits per heavy atom. The van der Waals surface area contributed by atoms with Gasteiger partial charge in [0.25, 0.3) is 0 Å². The summed E-state index contributed by atoms with van der Waals surface area (Å²) in [5, 5.41) is 6.76. The van der Waals surface area contributed by atoms with Gasteiger partial charge in [0, 0.05) is 43.2 Å². The summed E-state index contributed by atoms with van der Waals surface area (Å²) in [5.41, 5.74) is 1.34. The van der Waals surface area contributed by atoms with E-state index in [9.17, 15) is 0 Å². The van der Waals surface area contributed by atoms with E-state index in [-0.39, 0.29) is 0 Å². The normalized spacial score (nSPS) is 17.1. The van der Waals surface area contributed by atoms with E-state index in [0.717, 1.165) is 24.1 Å². The summed E-state index contributed by atoms with van der Waals surface area (Å²) in [6, 6.07) is 9.14. The Labute approximate surface area is 112 Å². The van der Waals surface area contributed by atoms with Crippen LogP contribution in [0.3, 0.4) is 0 Å². The van der Waals surface area contributed by atoms with Crippen LogP contribution in [0.1, 0.15) is 5.56 Å². The fourth-order valence-electron chi connectivity index (χ4n) is 2.06. The van der Waals surface area contributed by atoms with E-state index >= 15 is 0 Å². The molecule has 0 aromatic heterocycles. The molecular formula is C13H20BrN3. The molecule has 1 fully saturated rings. The van der Waals surface area contributed by atoms with Crippen LogP contribution in [0.4, 0.5) is 0 Å². The maximum Gasteiger partial charge on any atom is 0.0325 e. The van der Waals surface area contributed by atoms with Gasteiger partial charge in [-0.25, -0.2) is 0 Å². The molecule has 0 aliphatic carbocycles. The van der Waals surface area contributed by atoms with Crippen LogP contribution in [0.25, 0.3) is 0 Å². The van der Waals surface area contributed by atoms with Crippen molar-refractivity contribution in [1.29, 1.82) is 0 Å². The van der Waals surface area contributed by atoms with Crippen molar-refractivity contribution in [3.05, 3.63) is 34.3 Å². The smallest absolute Gasteiger partial charge is 0.0325 e. The van der Waals surface area contributed by atoms with Crippen molar-refractivity contribution in [2.45, 2.75) is 12.6 Å². The molecule has 1 aliphatic rings. The van der Waals surface area contributed by atoms with Gasteiger partial charge in [-0.15, -0.1) is 0 Å². The van der Waals surface area contributed by atoms with Crippen LogP contribution in [0.5, 0.6) is 0 Å². The number of benzene rings is 1. The number of hydrogen-bond donors (Lipinski definition) is 2. The summed E-state index contributed by atoms with van der Waals surface area (Å²) in [4.78, 5) is 2.47. The quantitative estimate of drug-likeness (QED) is 0.832. The summed E-state index contributed by atoms with van der Waals surface area (Å²) >= 11 is 3.50. The molecule has 1 aromatic rings. The lowest BCUT2D eigenvalue weighted by Gasteiger charge is -2.39. The molecule has 4 heteroatoms. The highest BCUT2D eigenvalue weighted by atomic mass is 79.9. The van der Waals surface area contributed by atoms with E-state index in [2.05, 4.69) is 55.7 Å². The third kappa shape index (κ3) is 4.07. The topological polar surface area (TPSA) is 27.3 Å². The average Bonchev–Trinajstić information content (AvgIpc) is 2.26. The second kappa shape index (κ2) is 6.50. The number of halogens is 1. The SMILES string of the molecule is CNCCN1CC(NCc2cccc(Br)c2)C1. The molecule has 1 aliphatic heterocycles. The first kappa shape index (κ1) is 13.0. The molecule has 0 bridgehead atoms. The summed E-state index contributed by atoms with van der Waals surface area (Å²) < 4.78 is 1.15. The van der Waals surface area contributed by atoms with Gasteiger partial charge in [0.05, 0.1) is 0 Å². The Morgan fingerprint density at radius 2 is 2.24 bits per heavy atom. The zero-order valence-corrected chi connectivity index (χ0v) is 11.8. The number of nitrogens with one attached hydrogen (secondary N) is 2. The van der Waals surface area contributed by atoms with Gasteiger partial charge in [-0.1, -0.05) is 28.1 Å². The predicted molar refractivity (Wildman–Crippen MR) is 75.1 cm³/mol. The first-order chi connectivity index (χ1) is 8.28. The van der Waals surface area contributed by atoms with Gasteiger partial charge in [0.1, 0.15) is 0 Å². The molecule has 3 nitrogen and oxygen atoms in total. The molecule has 1 heterocycles. The molecule has 17 heavy (non-hydrogen) atoms. The van der Waals surface area contributed by atoms with Crippen molar-refractivity contribution in [1.82, 2.24) is 15.5 Å². The van der Waals surface area contributed by atoms with E-state index in [1.807, 2.05) is 7.05 Å². The van der Waals surface area contributed by atoms with E-state index in [0.29, 0.717) is 6.04 Å². The highest BCUT2D eigenvalue weighted by Crippen LogP contribution is 2.12. The van der Waals surface area contributed by atoms with Crippen molar-refractivity contribution in [3.63, 3.8) is 0 Å². The van der Waals surface area contributed by atoms with E-state index in [1.165, 1.54) is 18.7 Å². The first-order valence-electron chi connectivity index (χ1n) is 6.12. The second-order valence-corrected chi connectivity index (χ2v) is 5.49. The Kier molecular flexibility index (Phi) is 4.98. The minimum absolute atomic E-state index is 0.658. The Morgan fingerprint density at radius 3 is 2.94 bits per heavy atom. The van der Waals surface area contributed by atoms with Crippen molar-refractivity contribution in [2.75, 3.05) is 33.2 Å². The average molecular weight is 298 g/mol. The molecule has 2 N–H and O–H groups in total. The monoisotopic (exact) mass is 297 g/mol. The van der Waals surface area contributed by atoms with E-state index < -0.39 is 0 Å². The molecule has 0 spiro atoms. The molecule has 0 amide bonds. The number of likely N-dealkylation sites (tertiary alicyclic amines) is 1. The van der Waals surface area contributed by atoms with Crippen LogP contribution in [0.2, 0.25) is 0 Å². The fourth-order valence-corrected chi connectivity index (χ4v) is 2.51. The number of hydrogen-bond acceptors (Lipinski definition) is 3. The molecule has 0 unspecified atom stereocenters. The predicted octanol–water partition coefficient (Wildman–Crippen LogP) is 1.44. The van der Waals surface area contributed by atoms with E-state index in [4.69, 9.17) is 0 Å². The first-order valence-corrected chi connectivity index (χ1v) is 6.92. The maximum absolute atomic E-state index is 3.59. The summed E-state index contributed by atoms with van der Waals surface area (Å²) in [7, 11) is 2.00. The summed E-state index contributed by atoms with van der Waals surface area (Å²) in [6.45, 7) is 5.55. The molecule has 0 radical (unpaired) electrons. The molecule has 1 aromatic carbocycles. The van der Waals surface area contributed by atoms with Crippen LogP contribution in [-0.4, -0.2) is 44.2 Å². The lowest BCUT2D eigenvalue weighted by atomic mass is 10.1. The molecule has 0 atom stereocenters. The van der Waals surface area contributed by atoms with Gasteiger partial charge in [0.2, 0.25) is 0 Å². The summed E-state index contributed by atoms with van der Waals surface area (Å²) in [5.74, 6) is 0. The lowest BCUT2D eigenvalue weighted by Crippen LogP contribution is -2.58. The van der Waals surface area contributed by atoms with Crippen LogP contribution in [-0.2, 0) is 6.54 Å². The van der Waals surface area contributed by atoms with Gasteiger partial charge in [0.15, 0.2) is 0 Å². The van der Waals surface area contributed by atoms with Crippen molar-refractivity contribution in [3.8, 4) is 0 Å². The highest BCUT2D eigenvalue weighted by molar-refractivity contribution is 9.10. The van der Waals surface area contributed by atoms with E-state index in [1.54, 1.807) is 0 Å². The number of rotatable bonds is 6. The molecule has 94 valence electrons. The summed E-state index contributed by atoms with van der Waals surface area (Å²) in [6.07, 6.45) is 0. The standard InChI is InChI=1S/C13H20BrN3/c1-15-5-6-17-9-13(10-17)16-8-11-3-2-4-12(14)7-11/h2-4,7,13,15-16H,5-6,8-10H2,1H3. The zero-order chi connectivity index (χ0) is 12.1. The van der Waals surface area contributed by atoms with Crippen LogP contribution >= 0.6 is 15.9 Å². The van der Waals surface area contributed by atoms with Crippen molar-refractivity contribution >= 4 is 15.9 Å². The number of nitrogens with zero attached hydrogens (tertiary/aromatic N) is 1. The maximum atomic E-state index is 3.59. The zero-order valence-electron chi connectivity index (χ0n) is 10.2.